The van der Waals surface area contributed by atoms with E-state index in [0.717, 1.165) is 0 Å². The number of carbonyl (C=O) groups excluding carboxylic acids is 1. The Morgan fingerprint density at radius 2 is 2.35 bits per heavy atom. The van der Waals surface area contributed by atoms with Crippen molar-refractivity contribution in [2.45, 2.75) is 6.42 Å². The third kappa shape index (κ3) is 2.03. The van der Waals surface area contributed by atoms with Gasteiger partial charge in [0.15, 0.2) is 5.58 Å². The molecule has 6 nitrogen and oxygen atoms in total. The summed E-state index contributed by atoms with van der Waals surface area (Å²) in [5.41, 5.74) is 1.52. The Balaban J connectivity index is 2.39. The number of amides is 1. The van der Waals surface area contributed by atoms with Crippen molar-refractivity contribution < 1.29 is 9.21 Å². The Labute approximate surface area is 96.1 Å². The van der Waals surface area contributed by atoms with E-state index in [4.69, 9.17) is 9.68 Å². The second kappa shape index (κ2) is 4.14. The Morgan fingerprint density at radius 3 is 3.06 bits per heavy atom. The lowest BCUT2D eigenvalue weighted by molar-refractivity contribution is -0.117. The van der Waals surface area contributed by atoms with Gasteiger partial charge in [-0.3, -0.25) is 9.78 Å². The summed E-state index contributed by atoms with van der Waals surface area (Å²) in [5.74, 6) is -0.854. The topological polar surface area (TPSA) is 90.1 Å². The fraction of sp³-hybridized carbons (Fsp3) is 0.182. The zero-order chi connectivity index (χ0) is 12.4. The summed E-state index contributed by atoms with van der Waals surface area (Å²) in [6, 6.07) is 6.67. The van der Waals surface area contributed by atoms with Crippen LogP contribution in [0.25, 0.3) is 11.1 Å². The van der Waals surface area contributed by atoms with Crippen molar-refractivity contribution in [2.75, 3.05) is 11.9 Å². The number of fused-ring (bicyclic) bond motifs is 1. The van der Waals surface area contributed by atoms with Crippen LogP contribution in [0, 0.1) is 11.3 Å². The minimum absolute atomic E-state index is 0.189. The highest BCUT2D eigenvalue weighted by Crippen LogP contribution is 2.19. The molecule has 6 heteroatoms. The van der Waals surface area contributed by atoms with Crippen molar-refractivity contribution >= 4 is 22.7 Å². The first-order chi connectivity index (χ1) is 8.11. The molecule has 1 aromatic heterocycles. The van der Waals surface area contributed by atoms with Crippen LogP contribution in [-0.4, -0.2) is 17.9 Å². The zero-order valence-electron chi connectivity index (χ0n) is 9.06. The van der Waals surface area contributed by atoms with E-state index in [0.29, 0.717) is 16.8 Å². The van der Waals surface area contributed by atoms with Crippen molar-refractivity contribution in [3.8, 4) is 6.07 Å². The first kappa shape index (κ1) is 11.0. The molecule has 0 spiro atoms. The molecule has 0 saturated carbocycles. The lowest BCUT2D eigenvalue weighted by Gasteiger charge is -2.15. The van der Waals surface area contributed by atoms with E-state index >= 15 is 0 Å². The molecule has 17 heavy (non-hydrogen) atoms. The van der Waals surface area contributed by atoms with E-state index in [1.54, 1.807) is 31.3 Å². The second-order valence-electron chi connectivity index (χ2n) is 3.48. The molecule has 2 rings (SSSR count). The van der Waals surface area contributed by atoms with Crippen molar-refractivity contribution in [3.63, 3.8) is 0 Å². The lowest BCUT2D eigenvalue weighted by atomic mass is 10.2. The van der Waals surface area contributed by atoms with Gasteiger partial charge in [-0.05, 0) is 12.1 Å². The van der Waals surface area contributed by atoms with Gasteiger partial charge in [-0.15, -0.1) is 0 Å². The number of aromatic amines is 1. The minimum atomic E-state index is -0.539. The molecule has 0 fully saturated rings. The fourth-order valence-electron chi connectivity index (χ4n) is 1.47. The van der Waals surface area contributed by atoms with Crippen molar-refractivity contribution in [3.05, 3.63) is 28.7 Å². The Bertz CT molecular complexity index is 662. The molecule has 0 unspecified atom stereocenters. The number of benzene rings is 1. The highest BCUT2D eigenvalue weighted by molar-refractivity contribution is 5.95. The van der Waals surface area contributed by atoms with E-state index in [-0.39, 0.29) is 12.3 Å². The maximum Gasteiger partial charge on any atom is 0.417 e. The second-order valence-corrected chi connectivity index (χ2v) is 3.48. The van der Waals surface area contributed by atoms with Crippen molar-refractivity contribution in [2.24, 2.45) is 0 Å². The van der Waals surface area contributed by atoms with E-state index in [1.165, 1.54) is 4.90 Å². The number of H-pyrrole nitrogens is 1. The SMILES string of the molecule is CN(C(=O)CC#N)c1ccc2[nH]c(=O)oc2c1. The normalized spacial score (nSPS) is 10.1. The molecule has 0 aliphatic rings. The van der Waals surface area contributed by atoms with Crippen LogP contribution in [0.2, 0.25) is 0 Å². The smallest absolute Gasteiger partial charge is 0.408 e. The number of oxazole rings is 1. The molecule has 0 saturated heterocycles. The molecule has 1 heterocycles. The van der Waals surface area contributed by atoms with Gasteiger partial charge in [-0.2, -0.15) is 5.26 Å². The summed E-state index contributed by atoms with van der Waals surface area (Å²) in [6.07, 6.45) is -0.189. The number of hydrogen-bond donors (Lipinski definition) is 1. The average Bonchev–Trinajstić information content (AvgIpc) is 2.67. The molecule has 2 aromatic rings. The van der Waals surface area contributed by atoms with Gasteiger partial charge in [0.25, 0.3) is 0 Å². The maximum atomic E-state index is 11.5. The van der Waals surface area contributed by atoms with E-state index in [9.17, 15) is 9.59 Å². The first-order valence-corrected chi connectivity index (χ1v) is 4.88. The molecule has 0 bridgehead atoms. The number of nitrogens with zero attached hydrogens (tertiary/aromatic N) is 2. The molecule has 1 N–H and O–H groups in total. The van der Waals surface area contributed by atoms with Crippen LogP contribution >= 0.6 is 0 Å². The highest BCUT2D eigenvalue weighted by atomic mass is 16.4. The van der Waals surface area contributed by atoms with Crippen molar-refractivity contribution in [1.82, 2.24) is 4.98 Å². The molecule has 0 aliphatic heterocycles. The number of nitriles is 1. The lowest BCUT2D eigenvalue weighted by Crippen LogP contribution is -2.25. The molecule has 1 aromatic carbocycles. The number of carbonyl (C=O) groups is 1. The molecule has 0 radical (unpaired) electrons. The molecule has 1 amide bonds. The van der Waals surface area contributed by atoms with Crippen molar-refractivity contribution in [1.29, 1.82) is 5.26 Å². The molecular weight excluding hydrogens is 222 g/mol. The Hall–Kier alpha value is -2.55. The maximum absolute atomic E-state index is 11.5. The van der Waals surface area contributed by atoms with Gasteiger partial charge in [-0.25, -0.2) is 4.79 Å². The van der Waals surface area contributed by atoms with E-state index < -0.39 is 5.76 Å². The molecular formula is C11H9N3O3. The summed E-state index contributed by atoms with van der Waals surface area (Å²) in [4.78, 5) is 26.3. The van der Waals surface area contributed by atoms with Gasteiger partial charge in [0.1, 0.15) is 6.42 Å². The van der Waals surface area contributed by atoms with Crippen LogP contribution in [0.15, 0.2) is 27.4 Å². The predicted molar refractivity (Wildman–Crippen MR) is 60.5 cm³/mol. The number of rotatable bonds is 2. The molecule has 86 valence electrons. The summed E-state index contributed by atoms with van der Waals surface area (Å²) in [7, 11) is 1.56. The minimum Gasteiger partial charge on any atom is -0.408 e. The van der Waals surface area contributed by atoms with Gasteiger partial charge in [0, 0.05) is 18.8 Å². The quantitative estimate of drug-likeness (QED) is 0.834. The van der Waals surface area contributed by atoms with E-state index in [2.05, 4.69) is 4.98 Å². The third-order valence-electron chi connectivity index (χ3n) is 2.40. The predicted octanol–water partition coefficient (Wildman–Crippen LogP) is 0.998. The number of anilines is 1. The summed E-state index contributed by atoms with van der Waals surface area (Å²) < 4.78 is 4.88. The fourth-order valence-corrected chi connectivity index (χ4v) is 1.47. The number of hydrogen-bond acceptors (Lipinski definition) is 4. The van der Waals surface area contributed by atoms with Crippen LogP contribution in [0.5, 0.6) is 0 Å². The zero-order valence-corrected chi connectivity index (χ0v) is 9.06. The van der Waals surface area contributed by atoms with E-state index in [1.807, 2.05) is 0 Å². The third-order valence-corrected chi connectivity index (χ3v) is 2.40. The molecule has 0 aliphatic carbocycles. The first-order valence-electron chi connectivity index (χ1n) is 4.88. The van der Waals surface area contributed by atoms with Crippen LogP contribution in [0.1, 0.15) is 6.42 Å². The summed E-state index contributed by atoms with van der Waals surface area (Å²) in [6.45, 7) is 0. The standard InChI is InChI=1S/C11H9N3O3/c1-14(10(15)4-5-12)7-2-3-8-9(6-7)17-11(16)13-8/h2-3,6H,4H2,1H3,(H,13,16). The highest BCUT2D eigenvalue weighted by Gasteiger charge is 2.11. The van der Waals surface area contributed by atoms with Gasteiger partial charge >= 0.3 is 5.76 Å². The van der Waals surface area contributed by atoms with Crippen LogP contribution in [-0.2, 0) is 4.79 Å². The summed E-state index contributed by atoms with van der Waals surface area (Å²) >= 11 is 0. The average molecular weight is 231 g/mol. The van der Waals surface area contributed by atoms with Crippen LogP contribution in [0.3, 0.4) is 0 Å². The van der Waals surface area contributed by atoms with Gasteiger partial charge in [-0.1, -0.05) is 0 Å². The molecule has 0 atom stereocenters. The van der Waals surface area contributed by atoms with Crippen LogP contribution in [0.4, 0.5) is 5.69 Å². The largest absolute Gasteiger partial charge is 0.417 e. The Kier molecular flexibility index (Phi) is 2.66. The summed E-state index contributed by atoms with van der Waals surface area (Å²) in [5, 5.41) is 8.45. The number of nitrogens with one attached hydrogen (secondary N) is 1. The van der Waals surface area contributed by atoms with Gasteiger partial charge in [0.05, 0.1) is 11.6 Å². The van der Waals surface area contributed by atoms with Gasteiger partial charge in [0.2, 0.25) is 5.91 Å². The number of aromatic nitrogens is 1. The Morgan fingerprint density at radius 1 is 1.59 bits per heavy atom. The monoisotopic (exact) mass is 231 g/mol. The van der Waals surface area contributed by atoms with Gasteiger partial charge < -0.3 is 9.32 Å². The van der Waals surface area contributed by atoms with Crippen LogP contribution < -0.4 is 10.7 Å².